The highest BCUT2D eigenvalue weighted by Crippen LogP contribution is 2.33. The summed E-state index contributed by atoms with van der Waals surface area (Å²) in [5, 5.41) is 2.79. The van der Waals surface area contributed by atoms with Crippen LogP contribution in [0.4, 0.5) is 0 Å². The maximum absolute atomic E-state index is 13.5. The number of carbonyl (C=O) groups is 4. The first-order valence-electron chi connectivity index (χ1n) is 14.8. The molecule has 1 amide bonds. The van der Waals surface area contributed by atoms with Crippen molar-refractivity contribution in [3.63, 3.8) is 0 Å². The second-order valence-corrected chi connectivity index (χ2v) is 11.6. The number of hydrogen-bond acceptors (Lipinski definition) is 9. The van der Waals surface area contributed by atoms with E-state index in [-0.39, 0.29) is 23.7 Å². The molecular formula is C35H39NO9. The highest BCUT2D eigenvalue weighted by Gasteiger charge is 2.53. The average Bonchev–Trinajstić information content (AvgIpc) is 3.03. The van der Waals surface area contributed by atoms with Gasteiger partial charge in [-0.05, 0) is 56.2 Å². The van der Waals surface area contributed by atoms with Crippen LogP contribution in [0.15, 0.2) is 91.0 Å². The smallest absolute Gasteiger partial charge is 0.338 e. The third kappa shape index (κ3) is 8.77. The normalized spacial score (nSPS) is 21.4. The summed E-state index contributed by atoms with van der Waals surface area (Å²) in [4.78, 5) is 52.3. The largest absolute Gasteiger partial charge is 0.459 e. The van der Waals surface area contributed by atoms with Crippen molar-refractivity contribution in [2.45, 2.75) is 70.9 Å². The van der Waals surface area contributed by atoms with Crippen LogP contribution in [-0.2, 0) is 28.5 Å². The van der Waals surface area contributed by atoms with Gasteiger partial charge < -0.3 is 29.0 Å². The Kier molecular flexibility index (Phi) is 11.1. The predicted octanol–water partition coefficient (Wildman–Crippen LogP) is 4.98. The molecule has 5 atom stereocenters. The second kappa shape index (κ2) is 15.0. The molecule has 1 heterocycles. The van der Waals surface area contributed by atoms with Crippen LogP contribution in [-0.4, -0.2) is 66.7 Å². The van der Waals surface area contributed by atoms with Gasteiger partial charge in [-0.25, -0.2) is 14.4 Å². The van der Waals surface area contributed by atoms with Crippen LogP contribution in [0.25, 0.3) is 0 Å². The van der Waals surface area contributed by atoms with E-state index in [1.54, 1.807) is 91.0 Å². The molecule has 0 aromatic heterocycles. The number of hydrogen-bond donors (Lipinski definition) is 1. The summed E-state index contributed by atoms with van der Waals surface area (Å²) in [7, 11) is 0. The molecule has 10 nitrogen and oxygen atoms in total. The molecule has 1 N–H and O–H groups in total. The third-order valence-electron chi connectivity index (χ3n) is 7.72. The lowest BCUT2D eigenvalue weighted by atomic mass is 9.92. The quantitative estimate of drug-likeness (QED) is 0.234. The summed E-state index contributed by atoms with van der Waals surface area (Å²) in [6.07, 6.45) is -4.98. The number of carbonyl (C=O) groups excluding carboxylic acids is 4. The van der Waals surface area contributed by atoms with Gasteiger partial charge in [0.15, 0.2) is 18.5 Å². The van der Waals surface area contributed by atoms with Gasteiger partial charge in [-0.15, -0.1) is 0 Å². The number of rotatable bonds is 11. The van der Waals surface area contributed by atoms with E-state index in [1.165, 1.54) is 6.92 Å². The molecule has 10 heteroatoms. The Hall–Kier alpha value is -4.54. The number of amides is 1. The summed E-state index contributed by atoms with van der Waals surface area (Å²) in [6.45, 7) is 8.58. The Balaban J connectivity index is 1.76. The number of nitrogens with one attached hydrogen (secondary N) is 1. The van der Waals surface area contributed by atoms with Crippen LogP contribution >= 0.6 is 0 Å². The molecule has 3 aromatic rings. The first-order valence-corrected chi connectivity index (χ1v) is 14.8. The fraction of sp³-hybridized carbons (Fsp3) is 0.371. The summed E-state index contributed by atoms with van der Waals surface area (Å²) in [5.41, 5.74) is 0.0173. The molecule has 238 valence electrons. The monoisotopic (exact) mass is 617 g/mol. The summed E-state index contributed by atoms with van der Waals surface area (Å²) < 4.78 is 30.4. The van der Waals surface area contributed by atoms with Crippen molar-refractivity contribution >= 4 is 23.8 Å². The van der Waals surface area contributed by atoms with Gasteiger partial charge in [0.05, 0.1) is 22.3 Å². The Morgan fingerprint density at radius 1 is 0.733 bits per heavy atom. The van der Waals surface area contributed by atoms with Gasteiger partial charge in [0.1, 0.15) is 18.8 Å². The van der Waals surface area contributed by atoms with Crippen LogP contribution in [0, 0.1) is 5.92 Å². The topological polar surface area (TPSA) is 126 Å². The second-order valence-electron chi connectivity index (χ2n) is 11.6. The maximum atomic E-state index is 13.5. The minimum atomic E-state index is -1.33. The van der Waals surface area contributed by atoms with Crippen LogP contribution in [0.5, 0.6) is 0 Å². The zero-order valence-corrected chi connectivity index (χ0v) is 26.0. The molecule has 0 aliphatic carbocycles. The molecule has 2 unspecified atom stereocenters. The molecule has 3 aromatic carbocycles. The van der Waals surface area contributed by atoms with Crippen molar-refractivity contribution < 1.29 is 42.9 Å². The summed E-state index contributed by atoms with van der Waals surface area (Å²) in [6, 6.07) is 23.8. The highest BCUT2D eigenvalue weighted by atomic mass is 16.7. The van der Waals surface area contributed by atoms with Crippen molar-refractivity contribution in [3.8, 4) is 0 Å². The highest BCUT2D eigenvalue weighted by molar-refractivity contribution is 5.91. The Bertz CT molecular complexity index is 1440. The maximum Gasteiger partial charge on any atom is 0.338 e. The SMILES string of the molecule is CC(=O)NC1[C@H](OC(C)(C)C(C)C)OC(COC(=O)c2ccccc2)[C@H](OC(=O)c2ccccc2)[C@@H]1OC(=O)c1ccccc1. The fourth-order valence-corrected chi connectivity index (χ4v) is 4.59. The summed E-state index contributed by atoms with van der Waals surface area (Å²) >= 11 is 0. The lowest BCUT2D eigenvalue weighted by Gasteiger charge is -2.47. The van der Waals surface area contributed by atoms with Crippen molar-refractivity contribution in [2.75, 3.05) is 6.61 Å². The van der Waals surface area contributed by atoms with Crippen molar-refractivity contribution in [2.24, 2.45) is 5.92 Å². The van der Waals surface area contributed by atoms with E-state index in [2.05, 4.69) is 5.32 Å². The van der Waals surface area contributed by atoms with Gasteiger partial charge in [-0.3, -0.25) is 4.79 Å². The molecule has 0 saturated carbocycles. The van der Waals surface area contributed by atoms with Gasteiger partial charge in [-0.1, -0.05) is 68.4 Å². The first kappa shape index (κ1) is 33.4. The van der Waals surface area contributed by atoms with Gasteiger partial charge in [0, 0.05) is 6.92 Å². The molecule has 0 spiro atoms. The average molecular weight is 618 g/mol. The van der Waals surface area contributed by atoms with Crippen LogP contribution in [0.3, 0.4) is 0 Å². The van der Waals surface area contributed by atoms with E-state index >= 15 is 0 Å². The van der Waals surface area contributed by atoms with E-state index in [1.807, 2.05) is 27.7 Å². The minimum Gasteiger partial charge on any atom is -0.459 e. The third-order valence-corrected chi connectivity index (χ3v) is 7.72. The number of esters is 3. The molecular weight excluding hydrogens is 578 g/mol. The molecule has 1 aliphatic rings. The lowest BCUT2D eigenvalue weighted by Crippen LogP contribution is -2.67. The number of ether oxygens (including phenoxy) is 5. The molecule has 1 saturated heterocycles. The predicted molar refractivity (Wildman–Crippen MR) is 164 cm³/mol. The molecule has 1 fully saturated rings. The van der Waals surface area contributed by atoms with Crippen molar-refractivity contribution in [1.29, 1.82) is 0 Å². The van der Waals surface area contributed by atoms with Crippen LogP contribution in [0.2, 0.25) is 0 Å². The van der Waals surface area contributed by atoms with Gasteiger partial charge in [0.25, 0.3) is 0 Å². The van der Waals surface area contributed by atoms with Crippen molar-refractivity contribution in [1.82, 2.24) is 5.32 Å². The Labute approximate surface area is 263 Å². The zero-order valence-electron chi connectivity index (χ0n) is 26.0. The summed E-state index contributed by atoms with van der Waals surface area (Å²) in [5.74, 6) is -2.53. The van der Waals surface area contributed by atoms with Gasteiger partial charge in [-0.2, -0.15) is 0 Å². The van der Waals surface area contributed by atoms with E-state index in [9.17, 15) is 19.2 Å². The Morgan fingerprint density at radius 2 is 1.18 bits per heavy atom. The minimum absolute atomic E-state index is 0.00684. The standard InChI is InChI=1S/C35H39NO9/c1-22(2)35(4,5)45-34-28(36-23(3)37)30(44-33(40)26-19-13-8-14-20-26)29(43-32(39)25-17-11-7-12-18-25)27(42-34)21-41-31(38)24-15-9-6-10-16-24/h6-20,22,27-30,34H,21H2,1-5H3,(H,36,37)/t27?,28?,29-,30+,34-/m0/s1. The molecule has 1 aliphatic heterocycles. The lowest BCUT2D eigenvalue weighted by molar-refractivity contribution is -0.299. The van der Waals surface area contributed by atoms with Crippen molar-refractivity contribution in [3.05, 3.63) is 108 Å². The van der Waals surface area contributed by atoms with Crippen LogP contribution < -0.4 is 5.32 Å². The fourth-order valence-electron chi connectivity index (χ4n) is 4.59. The van der Waals surface area contributed by atoms with E-state index < -0.39 is 60.1 Å². The molecule has 4 rings (SSSR count). The van der Waals surface area contributed by atoms with Gasteiger partial charge in [0.2, 0.25) is 5.91 Å². The number of benzene rings is 3. The van der Waals surface area contributed by atoms with E-state index in [4.69, 9.17) is 23.7 Å². The van der Waals surface area contributed by atoms with E-state index in [0.29, 0.717) is 5.56 Å². The zero-order chi connectivity index (χ0) is 32.6. The van der Waals surface area contributed by atoms with Gasteiger partial charge >= 0.3 is 17.9 Å². The molecule has 45 heavy (non-hydrogen) atoms. The Morgan fingerprint density at radius 3 is 1.62 bits per heavy atom. The van der Waals surface area contributed by atoms with E-state index in [0.717, 1.165) is 0 Å². The first-order chi connectivity index (χ1) is 21.5. The van der Waals surface area contributed by atoms with Crippen LogP contribution in [0.1, 0.15) is 65.7 Å². The molecule has 0 bridgehead atoms. The molecule has 0 radical (unpaired) electrons.